The molecule has 0 bridgehead atoms. The molecule has 0 fully saturated rings. The molecule has 0 saturated carbocycles. The van der Waals surface area contributed by atoms with Crippen LogP contribution in [0.5, 0.6) is 0 Å². The van der Waals surface area contributed by atoms with Crippen LogP contribution in [-0.2, 0) is 0 Å². The van der Waals surface area contributed by atoms with E-state index < -0.39 is 11.9 Å². The number of halogens is 1. The van der Waals surface area contributed by atoms with E-state index in [0.29, 0.717) is 16.9 Å². The fraction of sp³-hybridized carbons (Fsp3) is 0.167. The van der Waals surface area contributed by atoms with Crippen LogP contribution in [0.2, 0.25) is 0 Å². The lowest BCUT2D eigenvalue weighted by Crippen LogP contribution is -2.17. The molecule has 0 aliphatic rings. The lowest BCUT2D eigenvalue weighted by molar-refractivity contribution is 0.593. The smallest absolute Gasteiger partial charge is 0.146 e. The number of nitrogens with zero attached hydrogens (tertiary/aromatic N) is 2. The van der Waals surface area contributed by atoms with Gasteiger partial charge in [-0.25, -0.2) is 9.37 Å². The maximum atomic E-state index is 13.6. The highest BCUT2D eigenvalue weighted by Gasteiger charge is 2.18. The number of aryl methyl sites for hydroxylation is 1. The van der Waals surface area contributed by atoms with Gasteiger partial charge in [0.05, 0.1) is 12.2 Å². The molecule has 0 aromatic carbocycles. The van der Waals surface area contributed by atoms with Crippen LogP contribution in [0.1, 0.15) is 22.7 Å². The topological polar surface area (TPSA) is 77.8 Å². The Morgan fingerprint density at radius 1 is 1.29 bits per heavy atom. The number of rotatable bonds is 2. The molecular weight excluding hydrogens is 219 g/mol. The van der Waals surface area contributed by atoms with Gasteiger partial charge in [0.25, 0.3) is 0 Å². The summed E-state index contributed by atoms with van der Waals surface area (Å²) in [6.07, 6.45) is 4.24. The summed E-state index contributed by atoms with van der Waals surface area (Å²) in [5.74, 6) is -0.114. The number of nitrogen functional groups attached to an aromatic ring is 1. The van der Waals surface area contributed by atoms with Gasteiger partial charge >= 0.3 is 0 Å². The van der Waals surface area contributed by atoms with Gasteiger partial charge in [-0.15, -0.1) is 0 Å². The van der Waals surface area contributed by atoms with Crippen LogP contribution in [0.4, 0.5) is 10.2 Å². The third kappa shape index (κ3) is 2.09. The average Bonchev–Trinajstić information content (AvgIpc) is 2.29. The molecule has 0 aliphatic carbocycles. The van der Waals surface area contributed by atoms with Crippen molar-refractivity contribution in [3.05, 3.63) is 53.2 Å². The first kappa shape index (κ1) is 11.5. The van der Waals surface area contributed by atoms with Crippen LogP contribution < -0.4 is 11.5 Å². The van der Waals surface area contributed by atoms with Gasteiger partial charge in [-0.05, 0) is 24.6 Å². The van der Waals surface area contributed by atoms with Gasteiger partial charge in [0, 0.05) is 23.5 Å². The van der Waals surface area contributed by atoms with Crippen LogP contribution in [0, 0.1) is 12.7 Å². The van der Waals surface area contributed by atoms with Gasteiger partial charge in [0.1, 0.15) is 11.6 Å². The Balaban J connectivity index is 2.51. The molecule has 2 aromatic rings. The van der Waals surface area contributed by atoms with Crippen molar-refractivity contribution in [2.45, 2.75) is 13.0 Å². The lowest BCUT2D eigenvalue weighted by Gasteiger charge is -2.16. The van der Waals surface area contributed by atoms with Crippen molar-refractivity contribution in [2.75, 3.05) is 5.73 Å². The molecule has 5 heteroatoms. The standard InChI is InChI=1S/C12H13FN4/c1-7-2-5-17-12(15)10(7)11(14)8-3-4-16-6-9(8)13/h2-6,11H,14H2,1H3,(H2,15,17). The summed E-state index contributed by atoms with van der Waals surface area (Å²) in [6, 6.07) is 2.71. The monoisotopic (exact) mass is 232 g/mol. The van der Waals surface area contributed by atoms with Crippen LogP contribution in [0.25, 0.3) is 0 Å². The van der Waals surface area contributed by atoms with E-state index in [2.05, 4.69) is 9.97 Å². The molecule has 2 aromatic heterocycles. The third-order valence-electron chi connectivity index (χ3n) is 2.69. The second-order valence-corrected chi connectivity index (χ2v) is 3.80. The predicted molar refractivity (Wildman–Crippen MR) is 63.6 cm³/mol. The summed E-state index contributed by atoms with van der Waals surface area (Å²) in [7, 11) is 0. The Morgan fingerprint density at radius 2 is 2.06 bits per heavy atom. The quantitative estimate of drug-likeness (QED) is 0.823. The van der Waals surface area contributed by atoms with Crippen LogP contribution in [0.15, 0.2) is 30.7 Å². The normalized spacial score (nSPS) is 12.4. The van der Waals surface area contributed by atoms with Gasteiger partial charge in [-0.1, -0.05) is 0 Å². The molecule has 0 amide bonds. The molecule has 88 valence electrons. The zero-order chi connectivity index (χ0) is 12.4. The molecule has 2 heterocycles. The molecule has 1 unspecified atom stereocenters. The van der Waals surface area contributed by atoms with E-state index in [1.807, 2.05) is 6.92 Å². The van der Waals surface area contributed by atoms with E-state index in [4.69, 9.17) is 11.5 Å². The molecule has 1 atom stereocenters. The SMILES string of the molecule is Cc1ccnc(N)c1C(N)c1ccncc1F. The zero-order valence-electron chi connectivity index (χ0n) is 9.39. The summed E-state index contributed by atoms with van der Waals surface area (Å²) in [4.78, 5) is 7.66. The molecule has 0 radical (unpaired) electrons. The fourth-order valence-corrected chi connectivity index (χ4v) is 1.79. The van der Waals surface area contributed by atoms with Crippen LogP contribution in [-0.4, -0.2) is 9.97 Å². The minimum absolute atomic E-state index is 0.328. The predicted octanol–water partition coefficient (Wildman–Crippen LogP) is 1.55. The minimum Gasteiger partial charge on any atom is -0.383 e. The Kier molecular flexibility index (Phi) is 3.01. The zero-order valence-corrected chi connectivity index (χ0v) is 9.39. The summed E-state index contributed by atoms with van der Waals surface area (Å²) in [6.45, 7) is 1.87. The summed E-state index contributed by atoms with van der Waals surface area (Å²) in [5.41, 5.74) is 13.7. The second kappa shape index (κ2) is 4.47. The van der Waals surface area contributed by atoms with Gasteiger partial charge in [-0.2, -0.15) is 0 Å². The number of aromatic nitrogens is 2. The first-order valence-electron chi connectivity index (χ1n) is 5.17. The number of hydrogen-bond acceptors (Lipinski definition) is 4. The largest absolute Gasteiger partial charge is 0.383 e. The molecule has 4 N–H and O–H groups in total. The summed E-state index contributed by atoms with van der Waals surface area (Å²) < 4.78 is 13.6. The highest BCUT2D eigenvalue weighted by molar-refractivity contribution is 5.49. The van der Waals surface area contributed by atoms with E-state index >= 15 is 0 Å². The molecule has 4 nitrogen and oxygen atoms in total. The molecule has 0 spiro atoms. The van der Waals surface area contributed by atoms with E-state index in [9.17, 15) is 4.39 Å². The van der Waals surface area contributed by atoms with Gasteiger partial charge in [0.15, 0.2) is 0 Å². The van der Waals surface area contributed by atoms with E-state index in [1.54, 1.807) is 18.3 Å². The summed E-state index contributed by atoms with van der Waals surface area (Å²) in [5, 5.41) is 0. The fourth-order valence-electron chi connectivity index (χ4n) is 1.79. The Morgan fingerprint density at radius 3 is 2.71 bits per heavy atom. The maximum Gasteiger partial charge on any atom is 0.146 e. The van der Waals surface area contributed by atoms with E-state index in [0.717, 1.165) is 11.8 Å². The number of hydrogen-bond donors (Lipinski definition) is 2. The summed E-state index contributed by atoms with van der Waals surface area (Å²) >= 11 is 0. The Bertz CT molecular complexity index is 522. The molecule has 17 heavy (non-hydrogen) atoms. The van der Waals surface area contributed by atoms with Gasteiger partial charge in [0.2, 0.25) is 0 Å². The van der Waals surface area contributed by atoms with E-state index in [-0.39, 0.29) is 0 Å². The molecule has 0 aliphatic heterocycles. The van der Waals surface area contributed by atoms with E-state index in [1.165, 1.54) is 6.20 Å². The van der Waals surface area contributed by atoms with Crippen molar-refractivity contribution in [3.8, 4) is 0 Å². The number of pyridine rings is 2. The van der Waals surface area contributed by atoms with Crippen molar-refractivity contribution in [1.29, 1.82) is 0 Å². The van der Waals surface area contributed by atoms with Crippen molar-refractivity contribution in [3.63, 3.8) is 0 Å². The van der Waals surface area contributed by atoms with Crippen LogP contribution >= 0.6 is 0 Å². The molecular formula is C12H13FN4. The highest BCUT2D eigenvalue weighted by atomic mass is 19.1. The Labute approximate surface area is 98.5 Å². The third-order valence-corrected chi connectivity index (χ3v) is 2.69. The lowest BCUT2D eigenvalue weighted by atomic mass is 9.97. The number of nitrogens with two attached hydrogens (primary N) is 2. The van der Waals surface area contributed by atoms with Crippen molar-refractivity contribution in [2.24, 2.45) is 5.73 Å². The average molecular weight is 232 g/mol. The molecule has 0 saturated heterocycles. The van der Waals surface area contributed by atoms with Crippen LogP contribution in [0.3, 0.4) is 0 Å². The van der Waals surface area contributed by atoms with Gasteiger partial charge in [-0.3, -0.25) is 4.98 Å². The Hall–Kier alpha value is -2.01. The second-order valence-electron chi connectivity index (χ2n) is 3.80. The first-order valence-corrected chi connectivity index (χ1v) is 5.17. The minimum atomic E-state index is -0.633. The molecule has 2 rings (SSSR count). The van der Waals surface area contributed by atoms with Crippen molar-refractivity contribution < 1.29 is 4.39 Å². The van der Waals surface area contributed by atoms with Gasteiger partial charge < -0.3 is 11.5 Å². The van der Waals surface area contributed by atoms with Crippen molar-refractivity contribution >= 4 is 5.82 Å². The maximum absolute atomic E-state index is 13.6. The highest BCUT2D eigenvalue weighted by Crippen LogP contribution is 2.27. The van der Waals surface area contributed by atoms with Crippen molar-refractivity contribution in [1.82, 2.24) is 9.97 Å². The first-order chi connectivity index (χ1) is 8.11. The number of anilines is 1.